The van der Waals surface area contributed by atoms with Gasteiger partial charge in [-0.25, -0.2) is 9.59 Å². The number of halogens is 2. The number of aliphatic carboxylic acids is 1. The maximum Gasteiger partial charge on any atom is 0.407 e. The number of hydrogen-bond acceptors (Lipinski definition) is 5. The van der Waals surface area contributed by atoms with Gasteiger partial charge in [0.25, 0.3) is 0 Å². The number of carboxylic acid groups (broad SMARTS) is 1. The lowest BCUT2D eigenvalue weighted by molar-refractivity contribution is -0.138. The Bertz CT molecular complexity index is 450. The Morgan fingerprint density at radius 1 is 0.871 bits per heavy atom. The molecule has 0 saturated carbocycles. The predicted molar refractivity (Wildman–Crippen MR) is 132 cm³/mol. The molecule has 0 aliphatic carbocycles. The number of alkyl halides is 2. The van der Waals surface area contributed by atoms with Crippen molar-refractivity contribution in [3.05, 3.63) is 0 Å². The molecule has 0 aliphatic heterocycles. The third-order valence-electron chi connectivity index (χ3n) is 4.25. The Morgan fingerprint density at radius 3 is 1.81 bits per heavy atom. The van der Waals surface area contributed by atoms with Crippen LogP contribution in [0.2, 0.25) is 0 Å². The number of hydrogen-bond donors (Lipinski definition) is 2. The van der Waals surface area contributed by atoms with E-state index in [-0.39, 0.29) is 17.5 Å². The van der Waals surface area contributed by atoms with Crippen LogP contribution in [0.4, 0.5) is 4.79 Å². The highest BCUT2D eigenvalue weighted by Gasteiger charge is 2.20. The van der Waals surface area contributed by atoms with Crippen molar-refractivity contribution in [2.45, 2.75) is 90.5 Å². The lowest BCUT2D eigenvalue weighted by atomic mass is 10.1. The normalized spacial score (nSPS) is 11.2. The van der Waals surface area contributed by atoms with Crippen LogP contribution in [0.5, 0.6) is 0 Å². The van der Waals surface area contributed by atoms with E-state index in [4.69, 9.17) is 33.0 Å². The van der Waals surface area contributed by atoms with Crippen LogP contribution in [-0.4, -0.2) is 58.9 Å². The van der Waals surface area contributed by atoms with Crippen molar-refractivity contribution in [2.75, 3.05) is 29.9 Å². The topological polar surface area (TPSA) is 92.7 Å². The summed E-state index contributed by atoms with van der Waals surface area (Å²) < 4.78 is 4.86. The second-order valence-electron chi connectivity index (χ2n) is 7.23. The molecule has 0 aliphatic rings. The molecule has 2 N–H and O–H groups in total. The van der Waals surface area contributed by atoms with Crippen LogP contribution in [0.1, 0.15) is 84.5 Å². The van der Waals surface area contributed by atoms with E-state index in [1.807, 2.05) is 6.92 Å². The molecule has 9 heteroatoms. The molecule has 6 nitrogen and oxygen atoms in total. The first-order valence-corrected chi connectivity index (χ1v) is 13.5. The van der Waals surface area contributed by atoms with Crippen molar-refractivity contribution < 1.29 is 24.2 Å². The largest absolute Gasteiger partial charge is 0.480 e. The molecule has 0 fully saturated rings. The van der Waals surface area contributed by atoms with Crippen molar-refractivity contribution in [1.29, 1.82) is 0 Å². The van der Waals surface area contributed by atoms with Crippen LogP contribution in [0.3, 0.4) is 0 Å². The molecule has 0 bridgehead atoms. The number of carboxylic acids is 1. The summed E-state index contributed by atoms with van der Waals surface area (Å²) in [6.07, 6.45) is 13.0. The second kappa shape index (κ2) is 25.6. The number of carbonyl (C=O) groups is 3. The number of alkyl carbamates (subject to hydrolysis) is 1. The zero-order chi connectivity index (χ0) is 23.7. The third kappa shape index (κ3) is 25.5. The minimum absolute atomic E-state index is 0.0312. The highest BCUT2D eigenvalue weighted by Crippen LogP contribution is 2.13. The summed E-state index contributed by atoms with van der Waals surface area (Å²) in [5.74, 6) is 0.245. The molecule has 0 spiro atoms. The Labute approximate surface area is 202 Å². The molecule has 0 heterocycles. The maximum absolute atomic E-state index is 11.4. The van der Waals surface area contributed by atoms with Crippen molar-refractivity contribution in [3.8, 4) is 0 Å². The fraction of sp³-hybridized carbons (Fsp3) is 0.864. The van der Waals surface area contributed by atoms with Crippen molar-refractivity contribution in [1.82, 2.24) is 5.32 Å². The molecule has 1 atom stereocenters. The Balaban J connectivity index is 0. The highest BCUT2D eigenvalue weighted by molar-refractivity contribution is 7.99. The van der Waals surface area contributed by atoms with Gasteiger partial charge in [0, 0.05) is 5.75 Å². The molecule has 0 rings (SSSR count). The van der Waals surface area contributed by atoms with Crippen LogP contribution in [-0.2, 0) is 14.3 Å². The number of carbonyl (C=O) groups excluding carboxylic acids is 2. The lowest BCUT2D eigenvalue weighted by Gasteiger charge is -2.14. The maximum atomic E-state index is 11.4. The average molecular weight is 503 g/mol. The van der Waals surface area contributed by atoms with E-state index in [1.54, 1.807) is 11.8 Å². The lowest BCUT2D eigenvalue weighted by Crippen LogP contribution is -2.43. The van der Waals surface area contributed by atoms with Gasteiger partial charge in [-0.3, -0.25) is 4.79 Å². The molecular weight excluding hydrogens is 461 g/mol. The van der Waals surface area contributed by atoms with Crippen LogP contribution < -0.4 is 5.32 Å². The molecule has 0 aromatic carbocycles. The van der Waals surface area contributed by atoms with Gasteiger partial charge in [0.1, 0.15) is 6.04 Å². The van der Waals surface area contributed by atoms with Gasteiger partial charge in [-0.05, 0) is 18.6 Å². The highest BCUT2D eigenvalue weighted by atomic mass is 35.5. The van der Waals surface area contributed by atoms with E-state index >= 15 is 0 Å². The molecule has 0 unspecified atom stereocenters. The van der Waals surface area contributed by atoms with Crippen molar-refractivity contribution in [3.63, 3.8) is 0 Å². The van der Waals surface area contributed by atoms with E-state index in [1.165, 1.54) is 57.8 Å². The number of thioether (sulfide) groups is 1. The molecule has 184 valence electrons. The fourth-order valence-electron chi connectivity index (χ4n) is 2.48. The van der Waals surface area contributed by atoms with E-state index in [0.29, 0.717) is 12.4 Å². The quantitative estimate of drug-likeness (QED) is 0.160. The van der Waals surface area contributed by atoms with Gasteiger partial charge in [-0.2, -0.15) is 11.8 Å². The number of ether oxygens (including phenoxy) is 1. The molecule has 0 radical (unpaired) electrons. The zero-order valence-corrected chi connectivity index (χ0v) is 21.5. The van der Waals surface area contributed by atoms with Gasteiger partial charge < -0.3 is 15.2 Å². The first kappa shape index (κ1) is 32.5. The number of Topliss-reactive ketones (excluding diaryl/α,β-unsaturated/α-hetero) is 1. The Morgan fingerprint density at radius 2 is 1.39 bits per heavy atom. The predicted octanol–water partition coefficient (Wildman–Crippen LogP) is 6.26. The van der Waals surface area contributed by atoms with Crippen LogP contribution in [0.25, 0.3) is 0 Å². The van der Waals surface area contributed by atoms with Gasteiger partial charge in [-0.1, -0.05) is 71.6 Å². The molecule has 31 heavy (non-hydrogen) atoms. The number of nitrogens with one attached hydrogen (secondary N) is 1. The minimum atomic E-state index is -1.01. The summed E-state index contributed by atoms with van der Waals surface area (Å²) in [6, 6.07) is -0.877. The standard InChI is InChI=1S/C19H37NO4S.C3H4Cl2O/c1-3-5-6-7-8-9-10-11-12-13-15-25-16-17(18(21)22)20-19(23)24-14-4-2;4-1-3(6)2-5/h17H,3-16H2,1-2H3,(H,20,23)(H,21,22);1-2H2/t17-;/m0./s1. The Kier molecular flexibility index (Phi) is 26.9. The van der Waals surface area contributed by atoms with Crippen molar-refractivity contribution >= 4 is 52.8 Å². The molecule has 1 amide bonds. The van der Waals surface area contributed by atoms with E-state index in [2.05, 4.69) is 12.2 Å². The number of amides is 1. The minimum Gasteiger partial charge on any atom is -0.480 e. The van der Waals surface area contributed by atoms with Gasteiger partial charge in [-0.15, -0.1) is 23.2 Å². The zero-order valence-electron chi connectivity index (χ0n) is 19.1. The van der Waals surface area contributed by atoms with Crippen LogP contribution >= 0.6 is 35.0 Å². The van der Waals surface area contributed by atoms with E-state index < -0.39 is 18.1 Å². The second-order valence-corrected chi connectivity index (χ2v) is 8.92. The number of rotatable bonds is 19. The average Bonchev–Trinajstić information content (AvgIpc) is 2.77. The SMILES string of the molecule is CCCCCCCCCCCCSC[C@H](NC(=O)OCCC)C(=O)O.O=C(CCl)CCl. The molecule has 0 aromatic heterocycles. The number of ketones is 1. The molecule has 0 aromatic rings. The van der Waals surface area contributed by atoms with Crippen LogP contribution in [0.15, 0.2) is 0 Å². The van der Waals surface area contributed by atoms with Gasteiger partial charge in [0.05, 0.1) is 18.4 Å². The summed E-state index contributed by atoms with van der Waals surface area (Å²) in [5, 5.41) is 11.6. The van der Waals surface area contributed by atoms with Gasteiger partial charge in [0.2, 0.25) is 0 Å². The number of unbranched alkanes of at least 4 members (excludes halogenated alkanes) is 9. The van der Waals surface area contributed by atoms with Gasteiger partial charge >= 0.3 is 12.1 Å². The summed E-state index contributed by atoms with van der Waals surface area (Å²) in [5.41, 5.74) is 0. The van der Waals surface area contributed by atoms with Crippen LogP contribution in [0, 0.1) is 0 Å². The van der Waals surface area contributed by atoms with Gasteiger partial charge in [0.15, 0.2) is 5.78 Å². The Hall–Kier alpha value is -0.660. The first-order valence-electron chi connectivity index (χ1n) is 11.3. The summed E-state index contributed by atoms with van der Waals surface area (Å²) >= 11 is 11.6. The smallest absolute Gasteiger partial charge is 0.407 e. The molecular formula is C22H41Cl2NO5S. The summed E-state index contributed by atoms with van der Waals surface area (Å²) in [6.45, 7) is 4.44. The first-order chi connectivity index (χ1) is 14.9. The fourth-order valence-corrected chi connectivity index (χ4v) is 3.80. The van der Waals surface area contributed by atoms with E-state index in [0.717, 1.165) is 18.6 Å². The third-order valence-corrected chi connectivity index (χ3v) is 5.99. The van der Waals surface area contributed by atoms with Crippen molar-refractivity contribution in [2.24, 2.45) is 0 Å². The monoisotopic (exact) mass is 501 g/mol. The summed E-state index contributed by atoms with van der Waals surface area (Å²) in [4.78, 5) is 32.5. The van der Waals surface area contributed by atoms with E-state index in [9.17, 15) is 14.4 Å². The summed E-state index contributed by atoms with van der Waals surface area (Å²) in [7, 11) is 0. The molecule has 0 saturated heterocycles.